The van der Waals surface area contributed by atoms with Crippen molar-refractivity contribution in [2.45, 2.75) is 84.9 Å². The molecule has 1 aromatic heterocycles. The molecule has 0 atom stereocenters. The predicted molar refractivity (Wildman–Crippen MR) is 107 cm³/mol. The van der Waals surface area contributed by atoms with Crippen LogP contribution in [0.15, 0.2) is 12.4 Å². The Morgan fingerprint density at radius 1 is 1.26 bits per heavy atom. The molecule has 6 nitrogen and oxygen atoms in total. The fourth-order valence-corrected chi connectivity index (χ4v) is 3.81. The Morgan fingerprint density at radius 2 is 1.89 bits per heavy atom. The highest BCUT2D eigenvalue weighted by atomic mass is 16.6. The van der Waals surface area contributed by atoms with Gasteiger partial charge < -0.3 is 14.3 Å². The molecule has 1 aromatic rings. The number of hydrogen-bond donors (Lipinski definition) is 0. The van der Waals surface area contributed by atoms with E-state index in [-0.39, 0.29) is 24.0 Å². The summed E-state index contributed by atoms with van der Waals surface area (Å²) in [6.07, 6.45) is 6.65. The Kier molecular flexibility index (Phi) is 5.13. The summed E-state index contributed by atoms with van der Waals surface area (Å²) in [4.78, 5) is 14.0. The maximum atomic E-state index is 12.2. The molecule has 0 aliphatic carbocycles. The summed E-state index contributed by atoms with van der Waals surface area (Å²) in [5.74, 6) is 0. The molecule has 2 saturated heterocycles. The number of rotatable bonds is 2. The van der Waals surface area contributed by atoms with E-state index in [0.29, 0.717) is 19.1 Å². The van der Waals surface area contributed by atoms with Gasteiger partial charge in [0.15, 0.2) is 0 Å². The first-order valence-corrected chi connectivity index (χ1v) is 10.1. The highest BCUT2D eigenvalue weighted by Gasteiger charge is 2.50. The van der Waals surface area contributed by atoms with Crippen LogP contribution in [-0.2, 0) is 9.39 Å². The fourth-order valence-electron chi connectivity index (χ4n) is 3.81. The van der Waals surface area contributed by atoms with Crippen molar-refractivity contribution in [3.8, 4) is 0 Å². The predicted octanol–water partition coefficient (Wildman–Crippen LogP) is 3.49. The van der Waals surface area contributed by atoms with Crippen molar-refractivity contribution in [2.24, 2.45) is 5.41 Å². The zero-order valence-electron chi connectivity index (χ0n) is 17.9. The minimum atomic E-state index is -0.451. The third-order valence-corrected chi connectivity index (χ3v) is 6.25. The molecule has 0 saturated carbocycles. The first kappa shape index (κ1) is 20.2. The lowest BCUT2D eigenvalue weighted by Gasteiger charge is -2.34. The van der Waals surface area contributed by atoms with Gasteiger partial charge in [-0.25, -0.2) is 4.79 Å². The van der Waals surface area contributed by atoms with Crippen molar-refractivity contribution in [1.82, 2.24) is 14.7 Å². The molecular formula is C20H34BN3O3. The minimum Gasteiger partial charge on any atom is -0.444 e. The molecule has 150 valence electrons. The van der Waals surface area contributed by atoms with Crippen molar-refractivity contribution < 1.29 is 14.2 Å². The molecule has 2 aliphatic heterocycles. The summed E-state index contributed by atoms with van der Waals surface area (Å²) in [5.41, 5.74) is 0.702. The second kappa shape index (κ2) is 6.84. The number of carbonyl (C=O) groups is 1. The number of carbonyl (C=O) groups excluding carboxylic acids is 1. The second-order valence-electron chi connectivity index (χ2n) is 10.2. The number of nitrogens with zero attached hydrogens (tertiary/aromatic N) is 3. The molecule has 0 radical (unpaired) electrons. The number of ether oxygens (including phenoxy) is 1. The van der Waals surface area contributed by atoms with Crippen LogP contribution in [-0.4, -0.2) is 52.0 Å². The molecule has 3 heterocycles. The van der Waals surface area contributed by atoms with Gasteiger partial charge in [0.05, 0.1) is 11.6 Å². The van der Waals surface area contributed by atoms with Gasteiger partial charge in [-0.1, -0.05) is 13.8 Å². The Morgan fingerprint density at radius 3 is 2.41 bits per heavy atom. The lowest BCUT2D eigenvalue weighted by atomic mass is 9.55. The quantitative estimate of drug-likeness (QED) is 0.743. The molecule has 3 rings (SSSR count). The summed E-state index contributed by atoms with van der Waals surface area (Å²) >= 11 is 0. The SMILES string of the molecule is CC(C)(C)OC(=O)N1CCC(n2cc(B3CC(C)(C)C(C)(C)O3)cn2)CC1. The second-order valence-corrected chi connectivity index (χ2v) is 10.2. The highest BCUT2D eigenvalue weighted by molar-refractivity contribution is 6.68. The molecule has 0 N–H and O–H groups in total. The van der Waals surface area contributed by atoms with Crippen LogP contribution < -0.4 is 5.46 Å². The van der Waals surface area contributed by atoms with E-state index in [0.717, 1.165) is 24.6 Å². The minimum absolute atomic E-state index is 0.102. The molecule has 1 amide bonds. The molecule has 7 heteroatoms. The van der Waals surface area contributed by atoms with Gasteiger partial charge in [0.1, 0.15) is 5.60 Å². The lowest BCUT2D eigenvalue weighted by Crippen LogP contribution is -2.42. The van der Waals surface area contributed by atoms with Crippen molar-refractivity contribution in [1.29, 1.82) is 0 Å². The van der Waals surface area contributed by atoms with Gasteiger partial charge in [0, 0.05) is 25.5 Å². The number of likely N-dealkylation sites (tertiary alicyclic amines) is 1. The molecular weight excluding hydrogens is 341 g/mol. The monoisotopic (exact) mass is 375 g/mol. The summed E-state index contributed by atoms with van der Waals surface area (Å²) in [5, 5.41) is 4.61. The van der Waals surface area contributed by atoms with Crippen LogP contribution in [0, 0.1) is 5.41 Å². The summed E-state index contributed by atoms with van der Waals surface area (Å²) in [6.45, 7) is 16.1. The Labute approximate surface area is 163 Å². The van der Waals surface area contributed by atoms with E-state index in [4.69, 9.17) is 9.39 Å². The van der Waals surface area contributed by atoms with Crippen molar-refractivity contribution in [3.63, 3.8) is 0 Å². The van der Waals surface area contributed by atoms with Crippen LogP contribution in [0.5, 0.6) is 0 Å². The summed E-state index contributed by atoms with van der Waals surface area (Å²) in [6, 6.07) is 0.319. The van der Waals surface area contributed by atoms with E-state index in [9.17, 15) is 4.79 Å². The average Bonchev–Trinajstić information content (AvgIpc) is 3.09. The number of amides is 1. The standard InChI is InChI=1S/C20H34BN3O3/c1-18(2,3)26-17(25)23-10-8-16(9-11-23)24-13-15(12-22-24)21-14-19(4,5)20(6,7)27-21/h12-13,16H,8-11,14H2,1-7H3. The van der Waals surface area contributed by atoms with Gasteiger partial charge in [-0.2, -0.15) is 5.10 Å². The van der Waals surface area contributed by atoms with Crippen LogP contribution >= 0.6 is 0 Å². The molecule has 0 aromatic carbocycles. The zero-order chi connectivity index (χ0) is 20.0. The Hall–Kier alpha value is -1.50. The van der Waals surface area contributed by atoms with Crippen LogP contribution in [0.25, 0.3) is 0 Å². The van der Waals surface area contributed by atoms with Crippen LogP contribution in [0.2, 0.25) is 6.32 Å². The van der Waals surface area contributed by atoms with E-state index >= 15 is 0 Å². The molecule has 2 fully saturated rings. The van der Waals surface area contributed by atoms with Crippen molar-refractivity contribution >= 4 is 18.5 Å². The topological polar surface area (TPSA) is 56.6 Å². The van der Waals surface area contributed by atoms with Gasteiger partial charge in [-0.15, -0.1) is 0 Å². The van der Waals surface area contributed by atoms with Gasteiger partial charge in [0.25, 0.3) is 0 Å². The van der Waals surface area contributed by atoms with Crippen LogP contribution in [0.3, 0.4) is 0 Å². The van der Waals surface area contributed by atoms with Gasteiger partial charge in [-0.05, 0) is 64.7 Å². The fraction of sp³-hybridized carbons (Fsp3) is 0.800. The van der Waals surface area contributed by atoms with E-state index < -0.39 is 5.60 Å². The maximum Gasteiger partial charge on any atom is 0.410 e. The average molecular weight is 375 g/mol. The van der Waals surface area contributed by atoms with E-state index in [1.807, 2.05) is 27.0 Å². The first-order valence-electron chi connectivity index (χ1n) is 10.1. The highest BCUT2D eigenvalue weighted by Crippen LogP contribution is 2.45. The van der Waals surface area contributed by atoms with E-state index in [2.05, 4.69) is 43.7 Å². The molecule has 2 aliphatic rings. The lowest BCUT2D eigenvalue weighted by molar-refractivity contribution is 0.0185. The third kappa shape index (κ3) is 4.34. The number of aromatic nitrogens is 2. The number of piperidine rings is 1. The van der Waals surface area contributed by atoms with Gasteiger partial charge in [0.2, 0.25) is 0 Å². The normalized spacial score (nSPS) is 22.9. The zero-order valence-corrected chi connectivity index (χ0v) is 17.9. The largest absolute Gasteiger partial charge is 0.444 e. The summed E-state index contributed by atoms with van der Waals surface area (Å²) in [7, 11) is 0. The smallest absolute Gasteiger partial charge is 0.410 e. The van der Waals surface area contributed by atoms with Gasteiger partial charge >= 0.3 is 13.0 Å². The Balaban J connectivity index is 1.58. The Bertz CT molecular complexity index is 669. The molecule has 0 unspecified atom stereocenters. The summed E-state index contributed by atoms with van der Waals surface area (Å²) < 4.78 is 13.9. The van der Waals surface area contributed by atoms with Gasteiger partial charge in [-0.3, -0.25) is 4.68 Å². The van der Waals surface area contributed by atoms with Crippen LogP contribution in [0.1, 0.15) is 67.3 Å². The molecule has 0 spiro atoms. The molecule has 0 bridgehead atoms. The van der Waals surface area contributed by atoms with Crippen molar-refractivity contribution in [3.05, 3.63) is 12.4 Å². The third-order valence-electron chi connectivity index (χ3n) is 6.25. The van der Waals surface area contributed by atoms with Crippen molar-refractivity contribution in [2.75, 3.05) is 13.1 Å². The molecule has 27 heavy (non-hydrogen) atoms. The number of hydrogen-bond acceptors (Lipinski definition) is 4. The van der Waals surface area contributed by atoms with Crippen LogP contribution in [0.4, 0.5) is 4.79 Å². The maximum absolute atomic E-state index is 12.2. The van der Waals surface area contributed by atoms with E-state index in [1.54, 1.807) is 4.90 Å². The van der Waals surface area contributed by atoms with E-state index in [1.165, 1.54) is 0 Å². The first-order chi connectivity index (χ1) is 12.4.